The van der Waals surface area contributed by atoms with Crippen LogP contribution >= 0.6 is 23.4 Å². The summed E-state index contributed by atoms with van der Waals surface area (Å²) in [7, 11) is 1.95. The van der Waals surface area contributed by atoms with Gasteiger partial charge in [0.05, 0.1) is 24.7 Å². The van der Waals surface area contributed by atoms with E-state index in [-0.39, 0.29) is 12.3 Å². The first-order valence-electron chi connectivity index (χ1n) is 9.21. The molecular weight excluding hydrogens is 410 g/mol. The van der Waals surface area contributed by atoms with Crippen molar-refractivity contribution in [2.45, 2.75) is 22.9 Å². The molecule has 6 nitrogen and oxygen atoms in total. The first-order valence-corrected chi connectivity index (χ1v) is 10.4. The number of carbonyl (C=O) groups is 1. The molecule has 1 N–H and O–H groups in total. The van der Waals surface area contributed by atoms with Gasteiger partial charge in [-0.3, -0.25) is 4.79 Å². The average molecular weight is 430 g/mol. The number of amides is 1. The Balaban J connectivity index is 1.39. The number of halogens is 1. The number of ether oxygens (including phenoxy) is 2. The summed E-state index contributed by atoms with van der Waals surface area (Å²) in [4.78, 5) is 17.8. The largest absolute Gasteiger partial charge is 0.489 e. The summed E-state index contributed by atoms with van der Waals surface area (Å²) in [6, 6.07) is 11.2. The monoisotopic (exact) mass is 429 g/mol. The van der Waals surface area contributed by atoms with Crippen molar-refractivity contribution in [1.82, 2.24) is 9.55 Å². The maximum Gasteiger partial charge on any atom is 0.228 e. The molecule has 0 saturated carbocycles. The Morgan fingerprint density at radius 1 is 1.24 bits per heavy atom. The van der Waals surface area contributed by atoms with E-state index in [2.05, 4.69) is 10.3 Å². The van der Waals surface area contributed by atoms with Gasteiger partial charge < -0.3 is 19.4 Å². The van der Waals surface area contributed by atoms with Gasteiger partial charge in [-0.05, 0) is 42.0 Å². The second kappa shape index (κ2) is 8.80. The smallest absolute Gasteiger partial charge is 0.228 e. The number of nitrogens with zero attached hydrogens (tertiary/aromatic N) is 2. The van der Waals surface area contributed by atoms with Crippen LogP contribution in [0.1, 0.15) is 12.0 Å². The van der Waals surface area contributed by atoms with Crippen molar-refractivity contribution in [2.24, 2.45) is 7.05 Å². The minimum absolute atomic E-state index is 0.125. The number of hydrogen-bond acceptors (Lipinski definition) is 5. The summed E-state index contributed by atoms with van der Waals surface area (Å²) in [5.41, 5.74) is 1.51. The number of aromatic nitrogens is 2. The van der Waals surface area contributed by atoms with Gasteiger partial charge in [0.15, 0.2) is 16.7 Å². The van der Waals surface area contributed by atoms with Crippen LogP contribution in [0.2, 0.25) is 5.02 Å². The molecule has 1 aliphatic rings. The molecule has 0 saturated heterocycles. The quantitative estimate of drug-likeness (QED) is 0.643. The predicted molar refractivity (Wildman–Crippen MR) is 113 cm³/mol. The fourth-order valence-corrected chi connectivity index (χ4v) is 4.03. The number of hydrogen-bond donors (Lipinski definition) is 1. The molecule has 0 radical (unpaired) electrons. The van der Waals surface area contributed by atoms with Crippen LogP contribution < -0.4 is 14.8 Å². The highest BCUT2D eigenvalue weighted by molar-refractivity contribution is 7.99. The molecule has 3 aromatic rings. The molecule has 0 bridgehead atoms. The maximum atomic E-state index is 12.5. The Morgan fingerprint density at radius 2 is 2.03 bits per heavy atom. The van der Waals surface area contributed by atoms with Gasteiger partial charge in [-0.1, -0.05) is 23.4 Å². The fraction of sp³-hybridized carbons (Fsp3) is 0.238. The Hall–Kier alpha value is -2.64. The molecule has 150 valence electrons. The lowest BCUT2D eigenvalue weighted by Gasteiger charge is -2.12. The van der Waals surface area contributed by atoms with E-state index in [1.165, 1.54) is 0 Å². The van der Waals surface area contributed by atoms with Gasteiger partial charge in [-0.2, -0.15) is 0 Å². The van der Waals surface area contributed by atoms with Crippen LogP contribution in [0, 0.1) is 0 Å². The zero-order valence-electron chi connectivity index (χ0n) is 15.9. The van der Waals surface area contributed by atoms with Crippen LogP contribution in [0.4, 0.5) is 5.69 Å². The molecule has 8 heteroatoms. The van der Waals surface area contributed by atoms with Gasteiger partial charge in [-0.25, -0.2) is 4.98 Å². The number of anilines is 1. The van der Waals surface area contributed by atoms with Gasteiger partial charge >= 0.3 is 0 Å². The van der Waals surface area contributed by atoms with Crippen LogP contribution in [-0.2, 0) is 18.3 Å². The molecule has 0 aliphatic carbocycles. The van der Waals surface area contributed by atoms with Gasteiger partial charge in [-0.15, -0.1) is 0 Å². The van der Waals surface area contributed by atoms with E-state index in [1.54, 1.807) is 24.0 Å². The number of aryl methyl sites for hydroxylation is 1. The van der Waals surface area contributed by atoms with Crippen molar-refractivity contribution in [2.75, 3.05) is 18.5 Å². The third kappa shape index (κ3) is 4.86. The zero-order valence-corrected chi connectivity index (χ0v) is 17.4. The van der Waals surface area contributed by atoms with Crippen molar-refractivity contribution in [3.63, 3.8) is 0 Å². The standard InChI is InChI=1S/C21H20ClN3O3S/c1-25-8-7-23-21(25)29-16-5-3-15(4-6-16)24-19(26)13-14-11-17(22)20-18(12-14)27-9-2-10-28-20/h3-8,11-12H,2,9-10,13H2,1H3,(H,24,26). The molecule has 2 heterocycles. The first-order chi connectivity index (χ1) is 14.1. The second-order valence-corrected chi connectivity index (χ2v) is 8.08. The zero-order chi connectivity index (χ0) is 20.2. The summed E-state index contributed by atoms with van der Waals surface area (Å²) < 4.78 is 13.3. The third-order valence-corrected chi connectivity index (χ3v) is 5.72. The van der Waals surface area contributed by atoms with Crippen LogP contribution in [-0.4, -0.2) is 28.7 Å². The van der Waals surface area contributed by atoms with Gasteiger partial charge in [0.2, 0.25) is 5.91 Å². The molecule has 0 atom stereocenters. The molecular formula is C21H20ClN3O3S. The highest BCUT2D eigenvalue weighted by Crippen LogP contribution is 2.38. The van der Waals surface area contributed by atoms with E-state index in [0.29, 0.717) is 29.7 Å². The molecule has 0 spiro atoms. The van der Waals surface area contributed by atoms with Crippen LogP contribution in [0.3, 0.4) is 0 Å². The van der Waals surface area contributed by atoms with E-state index in [9.17, 15) is 4.79 Å². The number of benzene rings is 2. The number of rotatable bonds is 5. The minimum Gasteiger partial charge on any atom is -0.489 e. The van der Waals surface area contributed by atoms with Crippen molar-refractivity contribution < 1.29 is 14.3 Å². The SMILES string of the molecule is Cn1ccnc1Sc1ccc(NC(=O)Cc2cc(Cl)c3c(c2)OCCCO3)cc1. The van der Waals surface area contributed by atoms with E-state index in [1.807, 2.05) is 48.1 Å². The lowest BCUT2D eigenvalue weighted by Crippen LogP contribution is -2.14. The van der Waals surface area contributed by atoms with E-state index in [4.69, 9.17) is 21.1 Å². The van der Waals surface area contributed by atoms with E-state index < -0.39 is 0 Å². The number of nitrogens with one attached hydrogen (secondary N) is 1. The maximum absolute atomic E-state index is 12.5. The summed E-state index contributed by atoms with van der Waals surface area (Å²) in [6.45, 7) is 1.14. The van der Waals surface area contributed by atoms with Crippen LogP contribution in [0.5, 0.6) is 11.5 Å². The molecule has 2 aromatic carbocycles. The Labute approximate surface area is 178 Å². The summed E-state index contributed by atoms with van der Waals surface area (Å²) in [5.74, 6) is 1.02. The molecule has 29 heavy (non-hydrogen) atoms. The van der Waals surface area contributed by atoms with Crippen molar-refractivity contribution in [1.29, 1.82) is 0 Å². The van der Waals surface area contributed by atoms with Gasteiger partial charge in [0.25, 0.3) is 0 Å². The van der Waals surface area contributed by atoms with Crippen LogP contribution in [0.25, 0.3) is 0 Å². The van der Waals surface area contributed by atoms with E-state index in [0.717, 1.165) is 27.7 Å². The Bertz CT molecular complexity index is 1020. The number of imidazole rings is 1. The summed E-state index contributed by atoms with van der Waals surface area (Å²) in [6.07, 6.45) is 4.67. The third-order valence-electron chi connectivity index (χ3n) is 4.35. The normalized spacial score (nSPS) is 13.0. The highest BCUT2D eigenvalue weighted by atomic mass is 35.5. The van der Waals surface area contributed by atoms with Crippen molar-refractivity contribution >= 4 is 35.0 Å². The Kier molecular flexibility index (Phi) is 5.97. The summed E-state index contributed by atoms with van der Waals surface area (Å²) in [5, 5.41) is 4.29. The van der Waals surface area contributed by atoms with E-state index >= 15 is 0 Å². The molecule has 1 aliphatic heterocycles. The second-order valence-electron chi connectivity index (χ2n) is 6.63. The lowest BCUT2D eigenvalue weighted by atomic mass is 10.1. The van der Waals surface area contributed by atoms with Gasteiger partial charge in [0.1, 0.15) is 0 Å². The average Bonchev–Trinajstić information content (AvgIpc) is 2.94. The highest BCUT2D eigenvalue weighted by Gasteiger charge is 2.17. The topological polar surface area (TPSA) is 65.4 Å². The molecule has 0 fully saturated rings. The minimum atomic E-state index is -0.125. The lowest BCUT2D eigenvalue weighted by molar-refractivity contribution is -0.115. The first kappa shape index (κ1) is 19.7. The number of carbonyl (C=O) groups excluding carboxylic acids is 1. The predicted octanol–water partition coefficient (Wildman–Crippen LogP) is 4.57. The molecule has 0 unspecified atom stereocenters. The van der Waals surface area contributed by atoms with Crippen LogP contribution in [0.15, 0.2) is 58.8 Å². The molecule has 4 rings (SSSR count). The summed E-state index contributed by atoms with van der Waals surface area (Å²) >= 11 is 7.87. The van der Waals surface area contributed by atoms with Gasteiger partial charge in [0, 0.05) is 36.4 Å². The fourth-order valence-electron chi connectivity index (χ4n) is 2.94. The number of fused-ring (bicyclic) bond motifs is 1. The molecule has 1 amide bonds. The molecule has 1 aromatic heterocycles. The van der Waals surface area contributed by atoms with Crippen molar-refractivity contribution in [3.8, 4) is 11.5 Å². The van der Waals surface area contributed by atoms with Crippen molar-refractivity contribution in [3.05, 3.63) is 59.4 Å². The Morgan fingerprint density at radius 3 is 2.79 bits per heavy atom.